The van der Waals surface area contributed by atoms with Gasteiger partial charge >= 0.3 is 0 Å². The van der Waals surface area contributed by atoms with Crippen molar-refractivity contribution in [2.24, 2.45) is 0 Å². The van der Waals surface area contributed by atoms with E-state index in [0.29, 0.717) is 5.92 Å². The number of fused-ring (bicyclic) bond motifs is 6. The van der Waals surface area contributed by atoms with Crippen molar-refractivity contribution in [2.45, 2.75) is 17.4 Å². The van der Waals surface area contributed by atoms with Crippen LogP contribution in [0.15, 0.2) is 255 Å². The molecular formula is C61H44N2. The van der Waals surface area contributed by atoms with Crippen molar-refractivity contribution in [1.29, 1.82) is 0 Å². The molecule has 0 N–H and O–H groups in total. The molecular weight excluding hydrogens is 761 g/mol. The smallest absolute Gasteiger partial charge is 0.0713 e. The summed E-state index contributed by atoms with van der Waals surface area (Å²) >= 11 is 0. The van der Waals surface area contributed by atoms with Gasteiger partial charge < -0.3 is 9.80 Å². The maximum Gasteiger partial charge on any atom is 0.0713 e. The van der Waals surface area contributed by atoms with Crippen molar-refractivity contribution >= 4 is 28.4 Å². The van der Waals surface area contributed by atoms with E-state index in [1.807, 2.05) is 0 Å². The topological polar surface area (TPSA) is 6.48 Å². The van der Waals surface area contributed by atoms with Gasteiger partial charge in [-0.2, -0.15) is 0 Å². The molecule has 0 aromatic heterocycles. The molecule has 2 unspecified atom stereocenters. The van der Waals surface area contributed by atoms with Crippen LogP contribution in [-0.4, -0.2) is 6.04 Å². The summed E-state index contributed by atoms with van der Waals surface area (Å²) in [7, 11) is 0. The van der Waals surface area contributed by atoms with E-state index in [-0.39, 0.29) is 6.04 Å². The Bertz CT molecular complexity index is 3060. The molecule has 63 heavy (non-hydrogen) atoms. The molecule has 2 aliphatic carbocycles. The summed E-state index contributed by atoms with van der Waals surface area (Å²) in [4.78, 5) is 4.94. The van der Waals surface area contributed by atoms with E-state index in [0.717, 1.165) is 17.1 Å². The van der Waals surface area contributed by atoms with Crippen LogP contribution in [0.3, 0.4) is 0 Å². The molecule has 2 heteroatoms. The van der Waals surface area contributed by atoms with Crippen molar-refractivity contribution in [3.63, 3.8) is 0 Å². The average Bonchev–Trinajstić information content (AvgIpc) is 3.86. The number of benzene rings is 9. The first kappa shape index (κ1) is 36.9. The fraction of sp³-hybridized carbons (Fsp3) is 0.0492. The normalized spacial score (nSPS) is 16.2. The predicted octanol–water partition coefficient (Wildman–Crippen LogP) is 15.6. The van der Waals surface area contributed by atoms with E-state index >= 15 is 0 Å². The maximum absolute atomic E-state index is 2.51. The molecule has 12 rings (SSSR count). The molecule has 1 aliphatic heterocycles. The highest BCUT2D eigenvalue weighted by Crippen LogP contribution is 2.56. The van der Waals surface area contributed by atoms with Crippen molar-refractivity contribution < 1.29 is 0 Å². The first-order valence-corrected chi connectivity index (χ1v) is 22.0. The highest BCUT2D eigenvalue weighted by molar-refractivity contribution is 5.89. The van der Waals surface area contributed by atoms with Gasteiger partial charge in [0.25, 0.3) is 0 Å². The summed E-state index contributed by atoms with van der Waals surface area (Å²) in [6.45, 7) is 0. The molecule has 2 atom stereocenters. The summed E-state index contributed by atoms with van der Waals surface area (Å²) in [5.41, 5.74) is 19.1. The van der Waals surface area contributed by atoms with E-state index in [2.05, 4.69) is 265 Å². The number of hydrogen-bond acceptors (Lipinski definition) is 2. The Kier molecular flexibility index (Phi) is 8.90. The monoisotopic (exact) mass is 804 g/mol. The molecule has 0 radical (unpaired) electrons. The van der Waals surface area contributed by atoms with Crippen LogP contribution >= 0.6 is 0 Å². The van der Waals surface area contributed by atoms with Crippen molar-refractivity contribution in [1.82, 2.24) is 0 Å². The predicted molar refractivity (Wildman–Crippen MR) is 263 cm³/mol. The molecule has 9 aromatic rings. The molecule has 9 aromatic carbocycles. The van der Waals surface area contributed by atoms with E-state index in [1.54, 1.807) is 0 Å². The van der Waals surface area contributed by atoms with Crippen LogP contribution in [0.1, 0.15) is 33.7 Å². The summed E-state index contributed by atoms with van der Waals surface area (Å²) in [5, 5.41) is 0. The zero-order valence-corrected chi connectivity index (χ0v) is 34.8. The second-order valence-electron chi connectivity index (χ2n) is 16.8. The Morgan fingerprint density at radius 3 is 1.49 bits per heavy atom. The van der Waals surface area contributed by atoms with Gasteiger partial charge in [0.1, 0.15) is 0 Å². The van der Waals surface area contributed by atoms with Crippen molar-refractivity contribution in [2.75, 3.05) is 9.80 Å². The number of para-hydroxylation sites is 1. The van der Waals surface area contributed by atoms with Gasteiger partial charge in [-0.1, -0.05) is 194 Å². The third-order valence-electron chi connectivity index (χ3n) is 13.5. The fourth-order valence-corrected chi connectivity index (χ4v) is 10.7. The van der Waals surface area contributed by atoms with Crippen LogP contribution in [0, 0.1) is 0 Å². The molecule has 0 bridgehead atoms. The van der Waals surface area contributed by atoms with Crippen LogP contribution in [0.5, 0.6) is 0 Å². The van der Waals surface area contributed by atoms with Crippen LogP contribution < -0.4 is 9.80 Å². The van der Waals surface area contributed by atoms with Crippen LogP contribution in [0.2, 0.25) is 0 Å². The SMILES string of the molecule is C1=CC2c3ccccc3N(c3ccc(N(c4ccc(C5(c6ccccc6)c6ccccc6-c6ccccc65)cc4)c4cc(-c5ccccc5)cc(-c5ccccc5)c4)cc3)C2C=C1. The van der Waals surface area contributed by atoms with Crippen LogP contribution in [0.25, 0.3) is 33.4 Å². The number of anilines is 5. The van der Waals surface area contributed by atoms with Gasteiger partial charge in [0.2, 0.25) is 0 Å². The zero-order chi connectivity index (χ0) is 41.7. The largest absolute Gasteiger partial charge is 0.333 e. The van der Waals surface area contributed by atoms with Gasteiger partial charge in [-0.25, -0.2) is 0 Å². The first-order chi connectivity index (χ1) is 31.3. The van der Waals surface area contributed by atoms with Gasteiger partial charge in [-0.3, -0.25) is 0 Å². The average molecular weight is 805 g/mol. The highest BCUT2D eigenvalue weighted by atomic mass is 15.2. The number of hydrogen-bond donors (Lipinski definition) is 0. The minimum atomic E-state index is -0.472. The lowest BCUT2D eigenvalue weighted by atomic mass is 9.68. The summed E-state index contributed by atoms with van der Waals surface area (Å²) in [6.07, 6.45) is 9.06. The van der Waals surface area contributed by atoms with Gasteiger partial charge in [0.05, 0.1) is 11.5 Å². The van der Waals surface area contributed by atoms with Crippen molar-refractivity contribution in [3.8, 4) is 33.4 Å². The molecule has 1 heterocycles. The summed E-state index contributed by atoms with van der Waals surface area (Å²) in [5.74, 6) is 0.330. The minimum absolute atomic E-state index is 0.237. The molecule has 0 amide bonds. The van der Waals surface area contributed by atoms with Gasteiger partial charge in [-0.15, -0.1) is 0 Å². The zero-order valence-electron chi connectivity index (χ0n) is 34.8. The van der Waals surface area contributed by atoms with Crippen LogP contribution in [0.4, 0.5) is 28.4 Å². The number of rotatable bonds is 8. The molecule has 2 nitrogen and oxygen atoms in total. The molecule has 0 spiro atoms. The van der Waals surface area contributed by atoms with Crippen molar-refractivity contribution in [3.05, 3.63) is 283 Å². The third kappa shape index (κ3) is 6.02. The Hall–Kier alpha value is -7.94. The third-order valence-corrected chi connectivity index (χ3v) is 13.5. The number of allylic oxidation sites excluding steroid dienone is 2. The molecule has 0 saturated carbocycles. The van der Waals surface area contributed by atoms with Gasteiger partial charge in [0.15, 0.2) is 0 Å². The van der Waals surface area contributed by atoms with E-state index in [1.165, 1.54) is 72.6 Å². The van der Waals surface area contributed by atoms with E-state index in [4.69, 9.17) is 0 Å². The lowest BCUT2D eigenvalue weighted by Gasteiger charge is -2.34. The van der Waals surface area contributed by atoms with Crippen LogP contribution in [-0.2, 0) is 5.41 Å². The summed E-state index contributed by atoms with van der Waals surface area (Å²) < 4.78 is 0. The second-order valence-corrected chi connectivity index (χ2v) is 16.8. The van der Waals surface area contributed by atoms with E-state index in [9.17, 15) is 0 Å². The Morgan fingerprint density at radius 1 is 0.381 bits per heavy atom. The first-order valence-electron chi connectivity index (χ1n) is 22.0. The molecule has 0 fully saturated rings. The van der Waals surface area contributed by atoms with E-state index < -0.39 is 5.41 Å². The fourth-order valence-electron chi connectivity index (χ4n) is 10.7. The lowest BCUT2D eigenvalue weighted by Crippen LogP contribution is -2.28. The minimum Gasteiger partial charge on any atom is -0.333 e. The quantitative estimate of drug-likeness (QED) is 0.151. The standard InChI is InChI=1S/C61H44N2/c1-4-18-43(19-5-1)45-40-46(44-20-6-2-7-21-44)42-52(41-45)62(50-36-38-51(39-37-50)63-59-30-16-12-26-55(59)56-27-13-17-31-60(56)63)49-34-32-48(33-35-49)61(47-22-8-3-9-23-47)57-28-14-10-24-53(57)54-25-11-15-29-58(54)61/h1-42,55,59H. The maximum atomic E-state index is 2.51. The number of nitrogens with zero attached hydrogens (tertiary/aromatic N) is 2. The Labute approximate surface area is 370 Å². The molecule has 298 valence electrons. The molecule has 3 aliphatic rings. The van der Waals surface area contributed by atoms with Gasteiger partial charge in [0, 0.05) is 34.4 Å². The highest BCUT2D eigenvalue weighted by Gasteiger charge is 2.46. The lowest BCUT2D eigenvalue weighted by molar-refractivity contribution is 0.745. The van der Waals surface area contributed by atoms with Gasteiger partial charge in [-0.05, 0) is 122 Å². The molecule has 0 saturated heterocycles. The summed E-state index contributed by atoms with van der Waals surface area (Å²) in [6, 6.07) is 85.2. The Balaban J connectivity index is 1.04. The Morgan fingerprint density at radius 2 is 0.873 bits per heavy atom. The second kappa shape index (κ2) is 15.2.